The van der Waals surface area contributed by atoms with E-state index in [0.29, 0.717) is 5.56 Å². The molecule has 1 aromatic carbocycles. The number of carbonyl (C=O) groups excluding carboxylic acids is 1. The van der Waals surface area contributed by atoms with Crippen LogP contribution in [0.25, 0.3) is 0 Å². The number of alkyl halides is 2. The largest absolute Gasteiger partial charge is 0.459 e. The van der Waals surface area contributed by atoms with Crippen molar-refractivity contribution in [2.75, 3.05) is 13.7 Å². The first-order valence-corrected chi connectivity index (χ1v) is 6.25. The van der Waals surface area contributed by atoms with E-state index in [1.165, 1.54) is 7.11 Å². The second-order valence-electron chi connectivity index (χ2n) is 4.13. The Balaban J connectivity index is 1.88. The van der Waals surface area contributed by atoms with E-state index in [1.807, 2.05) is 0 Å². The minimum Gasteiger partial charge on any atom is -0.459 e. The maximum atomic E-state index is 13.7. The van der Waals surface area contributed by atoms with Gasteiger partial charge >= 0.3 is 5.97 Å². The number of benzene rings is 1. The van der Waals surface area contributed by atoms with Gasteiger partial charge in [0.25, 0.3) is 0 Å². The minimum absolute atomic E-state index is 0.196. The zero-order chi connectivity index (χ0) is 13.8. The van der Waals surface area contributed by atoms with Gasteiger partial charge in [-0.25, -0.2) is 9.18 Å². The predicted octanol–water partition coefficient (Wildman–Crippen LogP) is 2.16. The highest BCUT2D eigenvalue weighted by molar-refractivity contribution is 6.21. The van der Waals surface area contributed by atoms with Gasteiger partial charge in [0.15, 0.2) is 12.5 Å². The average Bonchev–Trinajstić information content (AvgIpc) is 2.73. The summed E-state index contributed by atoms with van der Waals surface area (Å²) in [7, 11) is 1.38. The van der Waals surface area contributed by atoms with Gasteiger partial charge in [-0.05, 0) is 12.1 Å². The van der Waals surface area contributed by atoms with E-state index < -0.39 is 29.9 Å². The summed E-state index contributed by atoms with van der Waals surface area (Å²) in [6.45, 7) is -0.196. The maximum Gasteiger partial charge on any atom is 0.338 e. The third-order valence-electron chi connectivity index (χ3n) is 2.85. The van der Waals surface area contributed by atoms with Crippen molar-refractivity contribution in [3.8, 4) is 0 Å². The van der Waals surface area contributed by atoms with Crippen molar-refractivity contribution in [1.82, 2.24) is 0 Å². The van der Waals surface area contributed by atoms with Gasteiger partial charge in [0, 0.05) is 7.11 Å². The van der Waals surface area contributed by atoms with Crippen LogP contribution in [0.4, 0.5) is 4.39 Å². The lowest BCUT2D eigenvalue weighted by Crippen LogP contribution is -2.28. The number of hydrogen-bond donors (Lipinski definition) is 0. The summed E-state index contributed by atoms with van der Waals surface area (Å²) in [4.78, 5) is 11.7. The zero-order valence-corrected chi connectivity index (χ0v) is 11.0. The van der Waals surface area contributed by atoms with E-state index in [1.54, 1.807) is 30.3 Å². The molecule has 0 spiro atoms. The molecule has 0 N–H and O–H groups in total. The molecule has 0 aliphatic carbocycles. The van der Waals surface area contributed by atoms with Gasteiger partial charge in [-0.1, -0.05) is 18.2 Å². The maximum absolute atomic E-state index is 13.7. The molecule has 2 rings (SSSR count). The van der Waals surface area contributed by atoms with Crippen molar-refractivity contribution >= 4 is 17.6 Å². The highest BCUT2D eigenvalue weighted by Gasteiger charge is 2.44. The Labute approximate surface area is 115 Å². The Morgan fingerprint density at radius 3 is 2.68 bits per heavy atom. The van der Waals surface area contributed by atoms with Gasteiger partial charge in [0.2, 0.25) is 0 Å². The van der Waals surface area contributed by atoms with Crippen LogP contribution in [0, 0.1) is 0 Å². The molecule has 1 fully saturated rings. The van der Waals surface area contributed by atoms with Gasteiger partial charge in [0.05, 0.1) is 5.56 Å². The van der Waals surface area contributed by atoms with E-state index in [9.17, 15) is 9.18 Å². The van der Waals surface area contributed by atoms with Crippen LogP contribution in [0.15, 0.2) is 30.3 Å². The fraction of sp³-hybridized carbons (Fsp3) is 0.462. The van der Waals surface area contributed by atoms with E-state index in [-0.39, 0.29) is 6.61 Å². The van der Waals surface area contributed by atoms with Crippen molar-refractivity contribution in [3.63, 3.8) is 0 Å². The topological polar surface area (TPSA) is 44.8 Å². The van der Waals surface area contributed by atoms with E-state index in [2.05, 4.69) is 0 Å². The molecule has 1 aliphatic rings. The van der Waals surface area contributed by atoms with Gasteiger partial charge in [0.1, 0.15) is 18.1 Å². The van der Waals surface area contributed by atoms with Crippen molar-refractivity contribution in [1.29, 1.82) is 0 Å². The van der Waals surface area contributed by atoms with Crippen molar-refractivity contribution in [2.24, 2.45) is 0 Å². The van der Waals surface area contributed by atoms with Gasteiger partial charge in [-0.2, -0.15) is 0 Å². The van der Waals surface area contributed by atoms with E-state index in [4.69, 9.17) is 25.8 Å². The second kappa shape index (κ2) is 6.32. The van der Waals surface area contributed by atoms with E-state index in [0.717, 1.165) is 0 Å². The first-order valence-electron chi connectivity index (χ1n) is 5.82. The lowest BCUT2D eigenvalue weighted by atomic mass is 10.2. The van der Waals surface area contributed by atoms with E-state index >= 15 is 0 Å². The summed E-state index contributed by atoms with van der Waals surface area (Å²) in [6, 6.07) is 8.46. The molecule has 0 amide bonds. The number of halogens is 2. The zero-order valence-electron chi connectivity index (χ0n) is 10.3. The molecule has 1 heterocycles. The average molecular weight is 289 g/mol. The Hall–Kier alpha value is -1.17. The molecule has 0 radical (unpaired) electrons. The lowest BCUT2D eigenvalue weighted by Gasteiger charge is -2.13. The summed E-state index contributed by atoms with van der Waals surface area (Å²) in [5.74, 6) is -0.525. The normalized spacial score (nSPS) is 30.3. The molecular formula is C13H14ClFO4. The number of esters is 1. The smallest absolute Gasteiger partial charge is 0.338 e. The minimum atomic E-state index is -1.44. The third-order valence-corrected chi connectivity index (χ3v) is 3.30. The summed E-state index contributed by atoms with van der Waals surface area (Å²) in [5, 5.41) is -0.898. The fourth-order valence-corrected chi connectivity index (χ4v) is 2.13. The van der Waals surface area contributed by atoms with Crippen LogP contribution in [-0.2, 0) is 14.2 Å². The van der Waals surface area contributed by atoms with Crippen LogP contribution >= 0.6 is 11.6 Å². The Bertz CT molecular complexity index is 428. The summed E-state index contributed by atoms with van der Waals surface area (Å²) in [5.41, 5.74) is 0.404. The lowest BCUT2D eigenvalue weighted by molar-refractivity contribution is -0.125. The standard InChI is InChI=1S/C13H14ClFO4/c1-17-13-10(14)11(15)9(19-13)7-18-12(16)8-5-3-2-4-6-8/h2-6,9-11,13H,7H2,1H3/t9-,10-,11-,13-/m1/s1. The molecule has 19 heavy (non-hydrogen) atoms. The molecule has 1 aromatic rings. The molecule has 0 saturated carbocycles. The van der Waals surface area contributed by atoms with Crippen LogP contribution in [0.2, 0.25) is 0 Å². The number of hydrogen-bond acceptors (Lipinski definition) is 4. The van der Waals surface area contributed by atoms with Gasteiger partial charge in [-0.3, -0.25) is 0 Å². The first kappa shape index (κ1) is 14.2. The summed E-state index contributed by atoms with van der Waals surface area (Å²) >= 11 is 5.79. The molecule has 0 bridgehead atoms. The fourth-order valence-electron chi connectivity index (χ4n) is 1.81. The molecule has 1 aliphatic heterocycles. The molecule has 0 aromatic heterocycles. The van der Waals surface area contributed by atoms with Gasteiger partial charge < -0.3 is 14.2 Å². The number of carbonyl (C=O) groups is 1. The van der Waals surface area contributed by atoms with Gasteiger partial charge in [-0.15, -0.1) is 11.6 Å². The number of methoxy groups -OCH3 is 1. The number of rotatable bonds is 4. The molecule has 6 heteroatoms. The molecule has 1 saturated heterocycles. The SMILES string of the molecule is CO[C@@H]1O[C@H](COC(=O)c2ccccc2)[C@@H](F)[C@H]1Cl. The highest BCUT2D eigenvalue weighted by atomic mass is 35.5. The first-order chi connectivity index (χ1) is 9.13. The number of ether oxygens (including phenoxy) is 3. The third kappa shape index (κ3) is 3.23. The Kier molecular flexibility index (Phi) is 4.74. The van der Waals surface area contributed by atoms with Crippen LogP contribution in [-0.4, -0.2) is 43.6 Å². The second-order valence-corrected chi connectivity index (χ2v) is 4.64. The molecule has 4 nitrogen and oxygen atoms in total. The molecular weight excluding hydrogens is 275 g/mol. The summed E-state index contributed by atoms with van der Waals surface area (Å²) < 4.78 is 28.8. The monoisotopic (exact) mass is 288 g/mol. The molecule has 4 atom stereocenters. The Morgan fingerprint density at radius 2 is 2.11 bits per heavy atom. The Morgan fingerprint density at radius 1 is 1.42 bits per heavy atom. The molecule has 104 valence electrons. The van der Waals surface area contributed by atoms with Crippen LogP contribution in [0.3, 0.4) is 0 Å². The quantitative estimate of drug-likeness (QED) is 0.629. The highest BCUT2D eigenvalue weighted by Crippen LogP contribution is 2.29. The van der Waals surface area contributed by atoms with Crippen LogP contribution < -0.4 is 0 Å². The van der Waals surface area contributed by atoms with Crippen LogP contribution in [0.5, 0.6) is 0 Å². The van der Waals surface area contributed by atoms with Crippen molar-refractivity contribution in [3.05, 3.63) is 35.9 Å². The summed E-state index contributed by atoms with van der Waals surface area (Å²) in [6.07, 6.45) is -3.16. The molecule has 0 unspecified atom stereocenters. The van der Waals surface area contributed by atoms with Crippen LogP contribution in [0.1, 0.15) is 10.4 Å². The predicted molar refractivity (Wildman–Crippen MR) is 66.9 cm³/mol. The van der Waals surface area contributed by atoms with Crippen molar-refractivity contribution < 1.29 is 23.4 Å². The van der Waals surface area contributed by atoms with Crippen molar-refractivity contribution in [2.45, 2.75) is 23.9 Å².